The molecule has 1 aromatic heterocycles. The average molecular weight is 234 g/mol. The highest BCUT2D eigenvalue weighted by atomic mass is 19.3. The van der Waals surface area contributed by atoms with E-state index in [-0.39, 0.29) is 18.9 Å². The van der Waals surface area contributed by atoms with Crippen LogP contribution in [0.3, 0.4) is 0 Å². The van der Waals surface area contributed by atoms with E-state index in [1.807, 2.05) is 0 Å². The normalized spacial score (nSPS) is 10.7. The highest BCUT2D eigenvalue weighted by molar-refractivity contribution is 5.92. The summed E-state index contributed by atoms with van der Waals surface area (Å²) >= 11 is 0. The van der Waals surface area contributed by atoms with Crippen LogP contribution in [-0.2, 0) is 9.53 Å². The van der Waals surface area contributed by atoms with Crippen molar-refractivity contribution < 1.29 is 18.3 Å². The minimum atomic E-state index is -2.52. The maximum absolute atomic E-state index is 11.7. The number of rotatable bonds is 6. The zero-order valence-corrected chi connectivity index (χ0v) is 8.37. The lowest BCUT2D eigenvalue weighted by Gasteiger charge is -2.04. The number of amides is 1. The lowest BCUT2D eigenvalue weighted by atomic mass is 10.4. The van der Waals surface area contributed by atoms with Crippen LogP contribution in [0.15, 0.2) is 6.20 Å². The van der Waals surface area contributed by atoms with Crippen LogP contribution in [0.1, 0.15) is 6.42 Å². The maximum Gasteiger partial charge on any atom is 0.261 e. The second kappa shape index (κ2) is 6.01. The molecule has 8 heteroatoms. The molecule has 0 spiro atoms. The predicted octanol–water partition coefficient (Wildman–Crippen LogP) is 0.602. The van der Waals surface area contributed by atoms with Gasteiger partial charge in [0, 0.05) is 0 Å². The Labute approximate surface area is 90.1 Å². The molecule has 0 aromatic carbocycles. The number of ether oxygens (including phenoxy) is 1. The average Bonchev–Trinajstić information content (AvgIpc) is 2.59. The summed E-state index contributed by atoms with van der Waals surface area (Å²) in [5.41, 5.74) is 5.75. The van der Waals surface area contributed by atoms with E-state index in [4.69, 9.17) is 5.73 Å². The Hall–Kier alpha value is -1.70. The number of H-pyrrole nitrogens is 1. The van der Waals surface area contributed by atoms with Crippen molar-refractivity contribution in [2.75, 3.05) is 24.3 Å². The monoisotopic (exact) mass is 234 g/mol. The number of aromatic amines is 1. The van der Waals surface area contributed by atoms with Gasteiger partial charge in [0.2, 0.25) is 5.91 Å². The van der Waals surface area contributed by atoms with Gasteiger partial charge in [-0.05, 0) is 0 Å². The number of halogens is 2. The van der Waals surface area contributed by atoms with Crippen molar-refractivity contribution >= 4 is 17.4 Å². The highest BCUT2D eigenvalue weighted by Gasteiger charge is 2.07. The van der Waals surface area contributed by atoms with Gasteiger partial charge in [-0.3, -0.25) is 9.89 Å². The first kappa shape index (κ1) is 12.4. The Kier molecular flexibility index (Phi) is 4.65. The highest BCUT2D eigenvalue weighted by Crippen LogP contribution is 2.12. The molecule has 1 rings (SSSR count). The molecule has 16 heavy (non-hydrogen) atoms. The van der Waals surface area contributed by atoms with Crippen LogP contribution in [-0.4, -0.2) is 35.7 Å². The zero-order chi connectivity index (χ0) is 12.0. The standard InChI is InChI=1S/C8H12F2N4O2/c9-6(10)4-16-2-1-7(15)13-8-5(11)3-12-14-8/h3,6H,1-2,4,11H2,(H2,12,13,14,15). The number of nitrogens with one attached hydrogen (secondary N) is 2. The minimum absolute atomic E-state index is 0.0226. The molecule has 0 fully saturated rings. The molecule has 4 N–H and O–H groups in total. The fourth-order valence-electron chi connectivity index (χ4n) is 0.935. The number of alkyl halides is 2. The second-order valence-electron chi connectivity index (χ2n) is 2.96. The van der Waals surface area contributed by atoms with Crippen molar-refractivity contribution in [3.05, 3.63) is 6.20 Å². The molecule has 0 aliphatic heterocycles. The molecule has 0 aliphatic rings. The lowest BCUT2D eigenvalue weighted by molar-refractivity contribution is -0.117. The number of carbonyl (C=O) groups is 1. The van der Waals surface area contributed by atoms with Crippen LogP contribution in [0.4, 0.5) is 20.3 Å². The fourth-order valence-corrected chi connectivity index (χ4v) is 0.935. The molecular weight excluding hydrogens is 222 g/mol. The number of hydrogen-bond donors (Lipinski definition) is 3. The molecule has 0 bridgehead atoms. The number of nitrogens with zero attached hydrogens (tertiary/aromatic N) is 1. The molecule has 90 valence electrons. The molecule has 0 unspecified atom stereocenters. The van der Waals surface area contributed by atoms with Gasteiger partial charge in [0.05, 0.1) is 24.9 Å². The molecule has 0 saturated carbocycles. The van der Waals surface area contributed by atoms with Crippen molar-refractivity contribution in [3.8, 4) is 0 Å². The predicted molar refractivity (Wildman–Crippen MR) is 53.1 cm³/mol. The number of nitrogens with two attached hydrogens (primary N) is 1. The van der Waals surface area contributed by atoms with E-state index in [1.165, 1.54) is 6.20 Å². The van der Waals surface area contributed by atoms with Crippen LogP contribution >= 0.6 is 0 Å². The van der Waals surface area contributed by atoms with Gasteiger partial charge in [-0.2, -0.15) is 5.10 Å². The summed E-state index contributed by atoms with van der Waals surface area (Å²) in [5, 5.41) is 8.51. The topological polar surface area (TPSA) is 93.0 Å². The van der Waals surface area contributed by atoms with Crippen LogP contribution in [0.5, 0.6) is 0 Å². The zero-order valence-electron chi connectivity index (χ0n) is 8.37. The van der Waals surface area contributed by atoms with Crippen molar-refractivity contribution in [3.63, 3.8) is 0 Å². The smallest absolute Gasteiger partial charge is 0.261 e. The quantitative estimate of drug-likeness (QED) is 0.628. The molecule has 1 aromatic rings. The first-order chi connectivity index (χ1) is 7.59. The molecule has 1 amide bonds. The van der Waals surface area contributed by atoms with Gasteiger partial charge in [-0.1, -0.05) is 0 Å². The van der Waals surface area contributed by atoms with Crippen LogP contribution in [0.2, 0.25) is 0 Å². The van der Waals surface area contributed by atoms with Crippen LogP contribution < -0.4 is 11.1 Å². The van der Waals surface area contributed by atoms with Crippen molar-refractivity contribution in [1.82, 2.24) is 10.2 Å². The van der Waals surface area contributed by atoms with Crippen molar-refractivity contribution in [2.24, 2.45) is 0 Å². The Morgan fingerprint density at radius 2 is 2.44 bits per heavy atom. The fraction of sp³-hybridized carbons (Fsp3) is 0.500. The van der Waals surface area contributed by atoms with Gasteiger partial charge < -0.3 is 15.8 Å². The van der Waals surface area contributed by atoms with Gasteiger partial charge in [0.25, 0.3) is 6.43 Å². The molecule has 1 heterocycles. The number of hydrogen-bond acceptors (Lipinski definition) is 4. The minimum Gasteiger partial charge on any atom is -0.394 e. The Balaban J connectivity index is 2.19. The first-order valence-corrected chi connectivity index (χ1v) is 4.54. The largest absolute Gasteiger partial charge is 0.394 e. The number of nitrogen functional groups attached to an aromatic ring is 1. The van der Waals surface area contributed by atoms with Gasteiger partial charge in [0.1, 0.15) is 6.61 Å². The lowest BCUT2D eigenvalue weighted by Crippen LogP contribution is -2.16. The molecule has 0 aliphatic carbocycles. The molecule has 6 nitrogen and oxygen atoms in total. The van der Waals surface area contributed by atoms with Crippen LogP contribution in [0.25, 0.3) is 0 Å². The van der Waals surface area contributed by atoms with E-state index < -0.39 is 13.0 Å². The van der Waals surface area contributed by atoms with E-state index in [0.717, 1.165) is 0 Å². The maximum atomic E-state index is 11.7. The Morgan fingerprint density at radius 1 is 1.69 bits per heavy atom. The van der Waals surface area contributed by atoms with E-state index >= 15 is 0 Å². The molecule has 0 saturated heterocycles. The third-order valence-corrected chi connectivity index (χ3v) is 1.65. The SMILES string of the molecule is Nc1cn[nH]c1NC(=O)CCOCC(F)F. The van der Waals surface area contributed by atoms with Gasteiger partial charge in [-0.25, -0.2) is 8.78 Å². The van der Waals surface area contributed by atoms with Crippen LogP contribution in [0, 0.1) is 0 Å². The summed E-state index contributed by atoms with van der Waals surface area (Å²) < 4.78 is 27.9. The van der Waals surface area contributed by atoms with E-state index in [1.54, 1.807) is 0 Å². The first-order valence-electron chi connectivity index (χ1n) is 4.54. The summed E-state index contributed by atoms with van der Waals surface area (Å²) in [7, 11) is 0. The number of carbonyl (C=O) groups excluding carboxylic acids is 1. The molecule has 0 atom stereocenters. The Morgan fingerprint density at radius 3 is 3.00 bits per heavy atom. The van der Waals surface area contributed by atoms with Gasteiger partial charge >= 0.3 is 0 Å². The molecule has 0 radical (unpaired) electrons. The number of aromatic nitrogens is 2. The summed E-state index contributed by atoms with van der Waals surface area (Å²) in [5.74, 6) is -0.0934. The van der Waals surface area contributed by atoms with E-state index in [9.17, 15) is 13.6 Å². The third kappa shape index (κ3) is 4.22. The number of anilines is 2. The summed E-state index contributed by atoms with van der Waals surface area (Å²) in [6.07, 6.45) is -1.19. The summed E-state index contributed by atoms with van der Waals surface area (Å²) in [4.78, 5) is 11.2. The Bertz CT molecular complexity index is 343. The van der Waals surface area contributed by atoms with Crippen molar-refractivity contribution in [2.45, 2.75) is 12.8 Å². The van der Waals surface area contributed by atoms with E-state index in [0.29, 0.717) is 11.5 Å². The van der Waals surface area contributed by atoms with E-state index in [2.05, 4.69) is 20.3 Å². The van der Waals surface area contributed by atoms with Gasteiger partial charge in [-0.15, -0.1) is 0 Å². The second-order valence-corrected chi connectivity index (χ2v) is 2.96. The summed E-state index contributed by atoms with van der Waals surface area (Å²) in [6.45, 7) is -0.732. The van der Waals surface area contributed by atoms with Crippen molar-refractivity contribution in [1.29, 1.82) is 0 Å². The summed E-state index contributed by atoms with van der Waals surface area (Å²) in [6, 6.07) is 0. The molecular formula is C8H12F2N4O2. The third-order valence-electron chi connectivity index (χ3n) is 1.65. The van der Waals surface area contributed by atoms with Gasteiger partial charge in [0.15, 0.2) is 5.82 Å².